The molecule has 0 amide bonds. The monoisotopic (exact) mass is 250 g/mol. The summed E-state index contributed by atoms with van der Waals surface area (Å²) < 4.78 is 2.28. The second-order valence-electron chi connectivity index (χ2n) is 4.73. The van der Waals surface area contributed by atoms with Gasteiger partial charge in [-0.25, -0.2) is 4.98 Å². The topological polar surface area (TPSA) is 17.8 Å². The second-order valence-corrected chi connectivity index (χ2v) is 5.00. The number of para-hydroxylation sites is 1. The van der Waals surface area contributed by atoms with E-state index in [2.05, 4.69) is 48.5 Å². The lowest BCUT2D eigenvalue weighted by atomic mass is 10.1. The molecule has 17 heavy (non-hydrogen) atoms. The molecule has 0 aliphatic rings. The van der Waals surface area contributed by atoms with E-state index in [9.17, 15) is 0 Å². The number of fused-ring (bicyclic) bond motifs is 1. The van der Waals surface area contributed by atoms with Crippen molar-refractivity contribution in [2.75, 3.05) is 0 Å². The van der Waals surface area contributed by atoms with Crippen LogP contribution in [0.15, 0.2) is 18.2 Å². The maximum Gasteiger partial charge on any atom is 0.124 e. The van der Waals surface area contributed by atoms with E-state index in [-0.39, 0.29) is 0 Å². The van der Waals surface area contributed by atoms with E-state index in [0.717, 1.165) is 17.9 Å². The molecular weight excluding hydrogens is 232 g/mol. The fraction of sp³-hybridized carbons (Fsp3) is 0.500. The zero-order valence-electron chi connectivity index (χ0n) is 10.7. The third-order valence-electron chi connectivity index (χ3n) is 3.36. The lowest BCUT2D eigenvalue weighted by Gasteiger charge is -2.13. The van der Waals surface area contributed by atoms with Crippen LogP contribution in [0.4, 0.5) is 0 Å². The van der Waals surface area contributed by atoms with Gasteiger partial charge in [-0.3, -0.25) is 0 Å². The molecule has 3 heteroatoms. The van der Waals surface area contributed by atoms with Crippen molar-refractivity contribution in [3.05, 3.63) is 29.6 Å². The minimum Gasteiger partial charge on any atom is -0.326 e. The van der Waals surface area contributed by atoms with Crippen molar-refractivity contribution in [2.45, 2.75) is 39.6 Å². The van der Waals surface area contributed by atoms with E-state index >= 15 is 0 Å². The summed E-state index contributed by atoms with van der Waals surface area (Å²) in [6.07, 6.45) is 1.17. The first-order chi connectivity index (χ1) is 8.17. The molecule has 1 atom stereocenters. The number of rotatable bonds is 4. The van der Waals surface area contributed by atoms with Gasteiger partial charge in [-0.2, -0.15) is 0 Å². The highest BCUT2D eigenvalue weighted by Gasteiger charge is 2.13. The molecule has 0 saturated carbocycles. The molecule has 0 aliphatic carbocycles. The number of hydrogen-bond donors (Lipinski definition) is 0. The van der Waals surface area contributed by atoms with Gasteiger partial charge < -0.3 is 4.57 Å². The van der Waals surface area contributed by atoms with Crippen molar-refractivity contribution in [2.24, 2.45) is 5.92 Å². The lowest BCUT2D eigenvalue weighted by Crippen LogP contribution is -2.09. The Morgan fingerprint density at radius 3 is 2.82 bits per heavy atom. The number of halogens is 1. The number of aromatic nitrogens is 2. The van der Waals surface area contributed by atoms with Crippen LogP contribution in [0.5, 0.6) is 0 Å². The standard InChI is InChI=1S/C14H19ClN2/c1-4-10(2)9-17-13(8-15)16-12-7-5-6-11(3)14(12)17/h5-7,10H,4,8-9H2,1-3H3. The Labute approximate surface area is 108 Å². The summed E-state index contributed by atoms with van der Waals surface area (Å²) in [6.45, 7) is 7.62. The van der Waals surface area contributed by atoms with Gasteiger partial charge in [0.25, 0.3) is 0 Å². The first-order valence-corrected chi connectivity index (χ1v) is 6.71. The molecular formula is C14H19ClN2. The molecule has 0 bridgehead atoms. The van der Waals surface area contributed by atoms with E-state index in [0.29, 0.717) is 11.8 Å². The predicted octanol–water partition coefficient (Wildman–Crippen LogP) is 4.13. The highest BCUT2D eigenvalue weighted by atomic mass is 35.5. The van der Waals surface area contributed by atoms with Gasteiger partial charge >= 0.3 is 0 Å². The Hall–Kier alpha value is -1.02. The van der Waals surface area contributed by atoms with Crippen LogP contribution >= 0.6 is 11.6 Å². The summed E-state index contributed by atoms with van der Waals surface area (Å²) in [4.78, 5) is 4.61. The van der Waals surface area contributed by atoms with Gasteiger partial charge in [0, 0.05) is 6.54 Å². The van der Waals surface area contributed by atoms with Crippen molar-refractivity contribution < 1.29 is 0 Å². The van der Waals surface area contributed by atoms with Gasteiger partial charge in [0.15, 0.2) is 0 Å². The summed E-state index contributed by atoms with van der Waals surface area (Å²) in [5.41, 5.74) is 3.57. The van der Waals surface area contributed by atoms with Crippen LogP contribution in [0.25, 0.3) is 11.0 Å². The molecule has 1 heterocycles. The number of hydrogen-bond acceptors (Lipinski definition) is 1. The van der Waals surface area contributed by atoms with Gasteiger partial charge in [-0.05, 0) is 24.5 Å². The minimum atomic E-state index is 0.477. The molecule has 0 radical (unpaired) electrons. The summed E-state index contributed by atoms with van der Waals surface area (Å²) in [7, 11) is 0. The fourth-order valence-corrected chi connectivity index (χ4v) is 2.36. The normalized spacial score (nSPS) is 13.2. The molecule has 0 N–H and O–H groups in total. The molecule has 1 aromatic heterocycles. The number of alkyl halides is 1. The van der Waals surface area contributed by atoms with Gasteiger partial charge in [0.2, 0.25) is 0 Å². The minimum absolute atomic E-state index is 0.477. The molecule has 0 aliphatic heterocycles. The SMILES string of the molecule is CCC(C)Cn1c(CCl)nc2cccc(C)c21. The maximum atomic E-state index is 6.00. The average Bonchev–Trinajstić information content (AvgIpc) is 2.68. The van der Waals surface area contributed by atoms with Crippen LogP contribution in [0.1, 0.15) is 31.7 Å². The van der Waals surface area contributed by atoms with Crippen LogP contribution in [-0.4, -0.2) is 9.55 Å². The zero-order chi connectivity index (χ0) is 12.4. The predicted molar refractivity (Wildman–Crippen MR) is 73.5 cm³/mol. The summed E-state index contributed by atoms with van der Waals surface area (Å²) in [5.74, 6) is 2.11. The van der Waals surface area contributed by atoms with Crippen molar-refractivity contribution in [1.29, 1.82) is 0 Å². The molecule has 2 nitrogen and oxygen atoms in total. The first-order valence-electron chi connectivity index (χ1n) is 6.18. The smallest absolute Gasteiger partial charge is 0.124 e. The van der Waals surface area contributed by atoms with Crippen molar-refractivity contribution >= 4 is 22.6 Å². The Morgan fingerprint density at radius 2 is 2.18 bits per heavy atom. The molecule has 2 aromatic rings. The molecule has 0 spiro atoms. The average molecular weight is 251 g/mol. The van der Waals surface area contributed by atoms with Crippen molar-refractivity contribution in [3.63, 3.8) is 0 Å². The largest absolute Gasteiger partial charge is 0.326 e. The summed E-state index contributed by atoms with van der Waals surface area (Å²) in [5, 5.41) is 0. The Morgan fingerprint density at radius 1 is 1.41 bits per heavy atom. The third kappa shape index (κ3) is 2.32. The number of aryl methyl sites for hydroxylation is 1. The van der Waals surface area contributed by atoms with Crippen LogP contribution in [-0.2, 0) is 12.4 Å². The maximum absolute atomic E-state index is 6.00. The van der Waals surface area contributed by atoms with E-state index in [1.54, 1.807) is 0 Å². The highest BCUT2D eigenvalue weighted by Crippen LogP contribution is 2.22. The van der Waals surface area contributed by atoms with Gasteiger partial charge in [-0.1, -0.05) is 32.4 Å². The Kier molecular flexibility index (Phi) is 3.72. The van der Waals surface area contributed by atoms with E-state index in [1.165, 1.54) is 17.5 Å². The first kappa shape index (κ1) is 12.4. The van der Waals surface area contributed by atoms with Crippen LogP contribution in [0, 0.1) is 12.8 Å². The van der Waals surface area contributed by atoms with Crippen molar-refractivity contribution in [3.8, 4) is 0 Å². The van der Waals surface area contributed by atoms with Gasteiger partial charge in [0.1, 0.15) is 5.82 Å². The zero-order valence-corrected chi connectivity index (χ0v) is 11.5. The van der Waals surface area contributed by atoms with Crippen LogP contribution in [0.3, 0.4) is 0 Å². The Balaban J connectivity index is 2.57. The van der Waals surface area contributed by atoms with Gasteiger partial charge in [0.05, 0.1) is 16.9 Å². The number of benzene rings is 1. The van der Waals surface area contributed by atoms with E-state index < -0.39 is 0 Å². The van der Waals surface area contributed by atoms with E-state index in [4.69, 9.17) is 11.6 Å². The quantitative estimate of drug-likeness (QED) is 0.746. The van der Waals surface area contributed by atoms with Crippen LogP contribution < -0.4 is 0 Å². The molecule has 1 aromatic carbocycles. The molecule has 92 valence electrons. The summed E-state index contributed by atoms with van der Waals surface area (Å²) >= 11 is 6.00. The van der Waals surface area contributed by atoms with Crippen LogP contribution in [0.2, 0.25) is 0 Å². The van der Waals surface area contributed by atoms with E-state index in [1.807, 2.05) is 0 Å². The van der Waals surface area contributed by atoms with Crippen molar-refractivity contribution in [1.82, 2.24) is 9.55 Å². The molecule has 0 fully saturated rings. The molecule has 1 unspecified atom stereocenters. The summed E-state index contributed by atoms with van der Waals surface area (Å²) in [6, 6.07) is 6.25. The second kappa shape index (κ2) is 5.09. The number of nitrogens with zero attached hydrogens (tertiary/aromatic N) is 2. The fourth-order valence-electron chi connectivity index (χ4n) is 2.15. The lowest BCUT2D eigenvalue weighted by molar-refractivity contribution is 0.468. The Bertz CT molecular complexity index is 516. The van der Waals surface area contributed by atoms with Gasteiger partial charge in [-0.15, -0.1) is 11.6 Å². The molecule has 0 saturated heterocycles. The highest BCUT2D eigenvalue weighted by molar-refractivity contribution is 6.16. The number of imidazole rings is 1. The third-order valence-corrected chi connectivity index (χ3v) is 3.60. The molecule has 2 rings (SSSR count).